The maximum Gasteiger partial charge on any atom is 0.266 e. The van der Waals surface area contributed by atoms with Gasteiger partial charge in [-0.1, -0.05) is 29.1 Å². The minimum absolute atomic E-state index is 0.00716. The van der Waals surface area contributed by atoms with Crippen molar-refractivity contribution in [3.05, 3.63) is 45.4 Å². The Kier molecular flexibility index (Phi) is 9.09. The van der Waals surface area contributed by atoms with Gasteiger partial charge in [0.15, 0.2) is 11.5 Å². The predicted molar refractivity (Wildman–Crippen MR) is 124 cm³/mol. The van der Waals surface area contributed by atoms with Crippen LogP contribution in [0.1, 0.15) is 12.5 Å². The summed E-state index contributed by atoms with van der Waals surface area (Å²) in [7, 11) is 2.87. The average molecular weight is 475 g/mol. The van der Waals surface area contributed by atoms with Crippen LogP contribution in [0.15, 0.2) is 29.8 Å². The first-order valence-electron chi connectivity index (χ1n) is 9.25. The molecule has 0 heterocycles. The summed E-state index contributed by atoms with van der Waals surface area (Å²) in [5.41, 5.74) is 0.557. The van der Waals surface area contributed by atoms with E-state index in [1.165, 1.54) is 38.5 Å². The molecule has 2 rings (SSSR count). The highest BCUT2D eigenvalue weighted by Crippen LogP contribution is 2.38. The molecule has 0 radical (unpaired) electrons. The summed E-state index contributed by atoms with van der Waals surface area (Å²) in [6, 6.07) is 8.00. The summed E-state index contributed by atoms with van der Waals surface area (Å²) in [4.78, 5) is 12.8. The van der Waals surface area contributed by atoms with E-state index in [4.69, 9.17) is 48.6 Å². The van der Waals surface area contributed by atoms with Gasteiger partial charge in [-0.15, -0.1) is 6.42 Å². The lowest BCUT2D eigenvalue weighted by atomic mass is 10.1. The van der Waals surface area contributed by atoms with Crippen LogP contribution in [0.3, 0.4) is 0 Å². The third kappa shape index (κ3) is 6.01. The molecule has 0 aliphatic rings. The second-order valence-corrected chi connectivity index (χ2v) is 6.88. The SMILES string of the molecule is C#CCOc1c(Cl)cc(/C=C(\C#N)C(=O)Nc2cc(OC)c(Cl)cc2OC)cc1OCC. The number of hydrogen-bond donors (Lipinski definition) is 1. The molecule has 0 fully saturated rings. The molecule has 0 aromatic heterocycles. The smallest absolute Gasteiger partial charge is 0.266 e. The number of nitrogens with one attached hydrogen (secondary N) is 1. The van der Waals surface area contributed by atoms with Crippen molar-refractivity contribution in [3.63, 3.8) is 0 Å². The van der Waals surface area contributed by atoms with Crippen molar-refractivity contribution >= 4 is 40.9 Å². The van der Waals surface area contributed by atoms with Gasteiger partial charge in [0, 0.05) is 12.1 Å². The first-order valence-corrected chi connectivity index (χ1v) is 10.0. The number of benzene rings is 2. The molecule has 166 valence electrons. The number of nitriles is 1. The van der Waals surface area contributed by atoms with E-state index < -0.39 is 5.91 Å². The Hall–Kier alpha value is -3.52. The van der Waals surface area contributed by atoms with Crippen molar-refractivity contribution in [2.24, 2.45) is 0 Å². The van der Waals surface area contributed by atoms with E-state index in [2.05, 4.69) is 11.2 Å². The van der Waals surface area contributed by atoms with Crippen LogP contribution in [-0.2, 0) is 4.79 Å². The Morgan fingerprint density at radius 3 is 2.41 bits per heavy atom. The molecule has 0 spiro atoms. The van der Waals surface area contributed by atoms with Crippen LogP contribution in [0.25, 0.3) is 6.08 Å². The molecule has 0 bridgehead atoms. The lowest BCUT2D eigenvalue weighted by Gasteiger charge is -2.14. The van der Waals surface area contributed by atoms with Crippen LogP contribution in [0.5, 0.6) is 23.0 Å². The minimum atomic E-state index is -0.670. The lowest BCUT2D eigenvalue weighted by molar-refractivity contribution is -0.112. The topological polar surface area (TPSA) is 89.8 Å². The number of carbonyl (C=O) groups is 1. The zero-order valence-corrected chi connectivity index (χ0v) is 19.1. The fourth-order valence-corrected chi connectivity index (χ4v) is 3.16. The predicted octanol–water partition coefficient (Wildman–Crippen LogP) is 4.97. The Morgan fingerprint density at radius 1 is 1.09 bits per heavy atom. The van der Waals surface area contributed by atoms with Crippen molar-refractivity contribution in [2.75, 3.05) is 32.8 Å². The van der Waals surface area contributed by atoms with Gasteiger partial charge in [0.2, 0.25) is 0 Å². The maximum atomic E-state index is 12.8. The Morgan fingerprint density at radius 2 is 1.81 bits per heavy atom. The number of nitrogens with zero attached hydrogens (tertiary/aromatic N) is 1. The molecule has 0 saturated carbocycles. The van der Waals surface area contributed by atoms with Gasteiger partial charge >= 0.3 is 0 Å². The zero-order chi connectivity index (χ0) is 23.7. The standard InChI is InChI=1S/C23H20Cl2N2O5/c1-5-7-32-22-17(25)9-14(10-21(22)31-6-2)8-15(13-26)23(28)27-18-12-19(29-3)16(24)11-20(18)30-4/h1,8-12H,6-7H2,2-4H3,(H,27,28)/b15-8+. The van der Waals surface area contributed by atoms with Gasteiger partial charge in [0.05, 0.1) is 36.6 Å². The molecule has 0 atom stereocenters. The molecule has 0 aliphatic carbocycles. The van der Waals surface area contributed by atoms with E-state index >= 15 is 0 Å². The molecule has 32 heavy (non-hydrogen) atoms. The molecule has 9 heteroatoms. The highest BCUT2D eigenvalue weighted by atomic mass is 35.5. The molecule has 1 amide bonds. The number of terminal acetylenes is 1. The van der Waals surface area contributed by atoms with Gasteiger partial charge in [-0.05, 0) is 30.7 Å². The van der Waals surface area contributed by atoms with E-state index in [-0.39, 0.29) is 28.6 Å². The van der Waals surface area contributed by atoms with E-state index in [1.807, 2.05) is 6.07 Å². The van der Waals surface area contributed by atoms with Crippen LogP contribution in [0.2, 0.25) is 10.0 Å². The minimum Gasteiger partial charge on any atom is -0.495 e. The molecule has 7 nitrogen and oxygen atoms in total. The van der Waals surface area contributed by atoms with Crippen molar-refractivity contribution in [1.29, 1.82) is 5.26 Å². The van der Waals surface area contributed by atoms with Gasteiger partial charge in [-0.25, -0.2) is 0 Å². The second-order valence-electron chi connectivity index (χ2n) is 6.07. The van der Waals surface area contributed by atoms with Gasteiger partial charge in [-0.2, -0.15) is 5.26 Å². The number of anilines is 1. The number of halogens is 2. The summed E-state index contributed by atoms with van der Waals surface area (Å²) in [5, 5.41) is 12.7. The first kappa shape index (κ1) is 24.7. The molecule has 2 aromatic carbocycles. The summed E-state index contributed by atoms with van der Waals surface area (Å²) < 4.78 is 21.4. The normalized spacial score (nSPS) is 10.5. The number of hydrogen-bond acceptors (Lipinski definition) is 6. The van der Waals surface area contributed by atoms with Crippen molar-refractivity contribution in [2.45, 2.75) is 6.92 Å². The van der Waals surface area contributed by atoms with Crippen LogP contribution in [-0.4, -0.2) is 33.3 Å². The van der Waals surface area contributed by atoms with Crippen LogP contribution in [0.4, 0.5) is 5.69 Å². The van der Waals surface area contributed by atoms with Crippen molar-refractivity contribution < 1.29 is 23.7 Å². The fourth-order valence-electron chi connectivity index (χ4n) is 2.65. The third-order valence-electron chi connectivity index (χ3n) is 4.03. The highest BCUT2D eigenvalue weighted by Gasteiger charge is 2.17. The molecular weight excluding hydrogens is 455 g/mol. The third-order valence-corrected chi connectivity index (χ3v) is 4.61. The van der Waals surface area contributed by atoms with Gasteiger partial charge in [-0.3, -0.25) is 4.79 Å². The molecule has 2 aromatic rings. The summed E-state index contributed by atoms with van der Waals surface area (Å²) in [5.74, 6) is 2.94. The number of methoxy groups -OCH3 is 2. The molecule has 0 unspecified atom stereocenters. The molecule has 0 saturated heterocycles. The number of carbonyl (C=O) groups excluding carboxylic acids is 1. The molecular formula is C23H20Cl2N2O5. The van der Waals surface area contributed by atoms with Crippen LogP contribution in [0, 0.1) is 23.7 Å². The van der Waals surface area contributed by atoms with Crippen molar-refractivity contribution in [3.8, 4) is 41.4 Å². The second kappa shape index (κ2) is 11.8. The van der Waals surface area contributed by atoms with Gasteiger partial charge < -0.3 is 24.3 Å². The van der Waals surface area contributed by atoms with Crippen molar-refractivity contribution in [1.82, 2.24) is 0 Å². The largest absolute Gasteiger partial charge is 0.495 e. The Bertz CT molecular complexity index is 1120. The summed E-state index contributed by atoms with van der Waals surface area (Å²) in [6.07, 6.45) is 6.60. The Labute approximate surface area is 196 Å². The van der Waals surface area contributed by atoms with E-state index in [1.54, 1.807) is 13.0 Å². The van der Waals surface area contributed by atoms with Gasteiger partial charge in [0.1, 0.15) is 29.7 Å². The lowest BCUT2D eigenvalue weighted by Crippen LogP contribution is -2.14. The Balaban J connectivity index is 2.40. The van der Waals surface area contributed by atoms with E-state index in [0.717, 1.165) is 0 Å². The summed E-state index contributed by atoms with van der Waals surface area (Å²) >= 11 is 12.4. The quantitative estimate of drug-likeness (QED) is 0.313. The highest BCUT2D eigenvalue weighted by molar-refractivity contribution is 6.33. The van der Waals surface area contributed by atoms with Crippen LogP contribution >= 0.6 is 23.2 Å². The monoisotopic (exact) mass is 474 g/mol. The molecule has 0 aliphatic heterocycles. The van der Waals surface area contributed by atoms with E-state index in [0.29, 0.717) is 34.4 Å². The fraction of sp³-hybridized carbons (Fsp3) is 0.217. The zero-order valence-electron chi connectivity index (χ0n) is 17.6. The van der Waals surface area contributed by atoms with E-state index in [9.17, 15) is 10.1 Å². The van der Waals surface area contributed by atoms with Crippen LogP contribution < -0.4 is 24.3 Å². The maximum absolute atomic E-state index is 12.8. The summed E-state index contributed by atoms with van der Waals surface area (Å²) in [6.45, 7) is 2.15. The number of rotatable bonds is 9. The molecule has 1 N–H and O–H groups in total. The number of ether oxygens (including phenoxy) is 4. The van der Waals surface area contributed by atoms with Gasteiger partial charge in [0.25, 0.3) is 5.91 Å². The average Bonchev–Trinajstić information content (AvgIpc) is 2.77. The number of amides is 1. The first-order chi connectivity index (χ1) is 15.4.